The number of nitrogens with zero attached hydrogens (tertiary/aromatic N) is 1. The lowest BCUT2D eigenvalue weighted by Gasteiger charge is -2.21. The number of benzene rings is 1. The van der Waals surface area contributed by atoms with Crippen LogP contribution in [0.25, 0.3) is 0 Å². The Hall–Kier alpha value is -1.40. The summed E-state index contributed by atoms with van der Waals surface area (Å²) < 4.78 is 1.04. The third-order valence-electron chi connectivity index (χ3n) is 3.77. The number of rotatable bonds is 5. The SMILES string of the molecule is CC[C@@H]([NH2+][C@H](C)C(=O)N1CCNC1=O)c1ccc(Br)cc1. The Balaban J connectivity index is 2.02. The highest BCUT2D eigenvalue weighted by Crippen LogP contribution is 2.16. The number of amides is 3. The fourth-order valence-corrected chi connectivity index (χ4v) is 2.82. The molecule has 2 rings (SSSR count). The van der Waals surface area contributed by atoms with Gasteiger partial charge >= 0.3 is 6.03 Å². The second kappa shape index (κ2) is 7.04. The van der Waals surface area contributed by atoms with Crippen LogP contribution in [0.15, 0.2) is 28.7 Å². The van der Waals surface area contributed by atoms with E-state index in [2.05, 4.69) is 40.3 Å². The van der Waals surface area contributed by atoms with Crippen LogP contribution < -0.4 is 10.6 Å². The van der Waals surface area contributed by atoms with E-state index in [-0.39, 0.29) is 24.0 Å². The summed E-state index contributed by atoms with van der Waals surface area (Å²) in [4.78, 5) is 25.2. The first kappa shape index (κ1) is 16.0. The fraction of sp³-hybridized carbons (Fsp3) is 0.467. The Bertz CT molecular complexity index is 518. The second-order valence-corrected chi connectivity index (χ2v) is 6.18. The summed E-state index contributed by atoms with van der Waals surface area (Å²) in [6, 6.07) is 7.80. The van der Waals surface area contributed by atoms with E-state index in [0.717, 1.165) is 10.9 Å². The molecule has 0 saturated carbocycles. The first-order valence-corrected chi connectivity index (χ1v) is 8.02. The second-order valence-electron chi connectivity index (χ2n) is 5.27. The van der Waals surface area contributed by atoms with Gasteiger partial charge in [0.25, 0.3) is 5.91 Å². The molecule has 2 atom stereocenters. The number of hydrogen-bond donors (Lipinski definition) is 2. The third-order valence-corrected chi connectivity index (χ3v) is 4.30. The van der Waals surface area contributed by atoms with Crippen molar-refractivity contribution in [1.29, 1.82) is 0 Å². The van der Waals surface area contributed by atoms with E-state index in [0.29, 0.717) is 13.1 Å². The summed E-state index contributed by atoms with van der Waals surface area (Å²) in [6.45, 7) is 4.96. The van der Waals surface area contributed by atoms with Gasteiger partial charge in [-0.2, -0.15) is 0 Å². The Kier molecular flexibility index (Phi) is 5.36. The van der Waals surface area contributed by atoms with Crippen LogP contribution in [0.3, 0.4) is 0 Å². The van der Waals surface area contributed by atoms with E-state index >= 15 is 0 Å². The normalized spacial score (nSPS) is 17.5. The molecule has 0 aromatic heterocycles. The maximum atomic E-state index is 12.3. The number of imide groups is 1. The zero-order valence-electron chi connectivity index (χ0n) is 12.3. The maximum absolute atomic E-state index is 12.3. The molecule has 1 aliphatic rings. The first-order chi connectivity index (χ1) is 10.0. The van der Waals surface area contributed by atoms with Gasteiger partial charge in [-0.3, -0.25) is 9.69 Å². The Morgan fingerprint density at radius 3 is 2.62 bits per heavy atom. The molecular formula is C15H21BrN3O2+. The smallest absolute Gasteiger partial charge is 0.324 e. The van der Waals surface area contributed by atoms with Crippen molar-refractivity contribution in [3.8, 4) is 0 Å². The molecule has 1 fully saturated rings. The van der Waals surface area contributed by atoms with E-state index in [1.165, 1.54) is 10.5 Å². The number of carbonyl (C=O) groups excluding carboxylic acids is 2. The Morgan fingerprint density at radius 1 is 1.43 bits per heavy atom. The minimum Gasteiger partial charge on any atom is -0.336 e. The molecule has 1 aromatic rings. The van der Waals surface area contributed by atoms with Gasteiger partial charge < -0.3 is 10.6 Å². The van der Waals surface area contributed by atoms with Crippen molar-refractivity contribution >= 4 is 27.9 Å². The average molecular weight is 355 g/mol. The molecule has 0 aliphatic carbocycles. The third kappa shape index (κ3) is 3.83. The topological polar surface area (TPSA) is 66.0 Å². The highest BCUT2D eigenvalue weighted by Gasteiger charge is 2.32. The molecule has 0 bridgehead atoms. The van der Waals surface area contributed by atoms with Crippen LogP contribution in [0.1, 0.15) is 31.9 Å². The molecule has 0 unspecified atom stereocenters. The van der Waals surface area contributed by atoms with Gasteiger partial charge in [-0.1, -0.05) is 35.0 Å². The van der Waals surface area contributed by atoms with E-state index in [9.17, 15) is 9.59 Å². The van der Waals surface area contributed by atoms with Gasteiger partial charge in [0.2, 0.25) is 0 Å². The number of halogens is 1. The molecule has 3 amide bonds. The lowest BCUT2D eigenvalue weighted by Crippen LogP contribution is -2.92. The molecular weight excluding hydrogens is 334 g/mol. The number of nitrogens with one attached hydrogen (secondary N) is 1. The zero-order valence-corrected chi connectivity index (χ0v) is 13.9. The van der Waals surface area contributed by atoms with Crippen LogP contribution in [0.2, 0.25) is 0 Å². The van der Waals surface area contributed by atoms with Crippen molar-refractivity contribution in [1.82, 2.24) is 10.2 Å². The summed E-state index contributed by atoms with van der Waals surface area (Å²) in [7, 11) is 0. The average Bonchev–Trinajstić information content (AvgIpc) is 2.91. The number of carbonyl (C=O) groups is 2. The van der Waals surface area contributed by atoms with Crippen LogP contribution in [-0.4, -0.2) is 36.0 Å². The summed E-state index contributed by atoms with van der Waals surface area (Å²) in [6.07, 6.45) is 0.922. The fourth-order valence-electron chi connectivity index (χ4n) is 2.55. The maximum Gasteiger partial charge on any atom is 0.324 e. The molecule has 114 valence electrons. The van der Waals surface area contributed by atoms with Crippen molar-refractivity contribution < 1.29 is 14.9 Å². The molecule has 0 radical (unpaired) electrons. The minimum atomic E-state index is -0.281. The summed E-state index contributed by atoms with van der Waals surface area (Å²) in [5.41, 5.74) is 1.19. The molecule has 1 aliphatic heterocycles. The standard InChI is InChI=1S/C15H20BrN3O2/c1-3-13(11-4-6-12(16)7-5-11)18-10(2)14(20)19-9-8-17-15(19)21/h4-7,10,13,18H,3,8-9H2,1-2H3,(H,17,21)/p+1/t10-,13-/m1/s1. The Morgan fingerprint density at radius 2 is 2.10 bits per heavy atom. The summed E-state index contributed by atoms with van der Waals surface area (Å²) in [5.74, 6) is -0.124. The molecule has 1 aromatic carbocycles. The number of urea groups is 1. The van der Waals surface area contributed by atoms with Gasteiger partial charge in [0.05, 0.1) is 0 Å². The molecule has 1 heterocycles. The van der Waals surface area contributed by atoms with Crippen molar-refractivity contribution in [2.75, 3.05) is 13.1 Å². The first-order valence-electron chi connectivity index (χ1n) is 7.22. The van der Waals surface area contributed by atoms with Crippen molar-refractivity contribution in [2.24, 2.45) is 0 Å². The number of hydrogen-bond acceptors (Lipinski definition) is 2. The van der Waals surface area contributed by atoms with Gasteiger partial charge in [0.1, 0.15) is 6.04 Å². The highest BCUT2D eigenvalue weighted by atomic mass is 79.9. The molecule has 3 N–H and O–H groups in total. The predicted octanol–water partition coefficient (Wildman–Crippen LogP) is 1.40. The van der Waals surface area contributed by atoms with Crippen molar-refractivity contribution in [3.63, 3.8) is 0 Å². The molecule has 1 saturated heterocycles. The van der Waals surface area contributed by atoms with Crippen LogP contribution in [0.5, 0.6) is 0 Å². The highest BCUT2D eigenvalue weighted by molar-refractivity contribution is 9.10. The van der Waals surface area contributed by atoms with Gasteiger partial charge in [0.15, 0.2) is 6.04 Å². The molecule has 0 spiro atoms. The largest absolute Gasteiger partial charge is 0.336 e. The minimum absolute atomic E-state index is 0.124. The lowest BCUT2D eigenvalue weighted by atomic mass is 10.0. The predicted molar refractivity (Wildman–Crippen MR) is 83.7 cm³/mol. The van der Waals surface area contributed by atoms with Crippen LogP contribution in [-0.2, 0) is 4.79 Å². The van der Waals surface area contributed by atoms with Gasteiger partial charge in [0, 0.05) is 29.5 Å². The molecule has 21 heavy (non-hydrogen) atoms. The van der Waals surface area contributed by atoms with Crippen molar-refractivity contribution in [3.05, 3.63) is 34.3 Å². The Labute approximate surface area is 133 Å². The van der Waals surface area contributed by atoms with Gasteiger partial charge in [-0.15, -0.1) is 0 Å². The zero-order chi connectivity index (χ0) is 15.4. The van der Waals surface area contributed by atoms with Gasteiger partial charge in [-0.05, 0) is 19.1 Å². The van der Waals surface area contributed by atoms with E-state index in [1.807, 2.05) is 24.4 Å². The van der Waals surface area contributed by atoms with E-state index in [1.54, 1.807) is 0 Å². The summed E-state index contributed by atoms with van der Waals surface area (Å²) in [5, 5.41) is 4.70. The number of nitrogens with two attached hydrogens (primary N) is 1. The monoisotopic (exact) mass is 354 g/mol. The van der Waals surface area contributed by atoms with E-state index in [4.69, 9.17) is 0 Å². The van der Waals surface area contributed by atoms with E-state index < -0.39 is 0 Å². The molecule has 5 nitrogen and oxygen atoms in total. The molecule has 6 heteroatoms. The van der Waals surface area contributed by atoms with Crippen LogP contribution in [0, 0.1) is 0 Å². The lowest BCUT2D eigenvalue weighted by molar-refractivity contribution is -0.714. The van der Waals surface area contributed by atoms with Gasteiger partial charge in [-0.25, -0.2) is 4.79 Å². The van der Waals surface area contributed by atoms with Crippen LogP contribution >= 0.6 is 15.9 Å². The van der Waals surface area contributed by atoms with Crippen LogP contribution in [0.4, 0.5) is 4.79 Å². The van der Waals surface area contributed by atoms with Crippen molar-refractivity contribution in [2.45, 2.75) is 32.4 Å². The quantitative estimate of drug-likeness (QED) is 0.839. The summed E-state index contributed by atoms with van der Waals surface area (Å²) >= 11 is 3.43. The number of quaternary nitrogens is 1.